The van der Waals surface area contributed by atoms with E-state index in [0.29, 0.717) is 16.2 Å². The van der Waals surface area contributed by atoms with E-state index in [0.717, 1.165) is 18.5 Å². The highest BCUT2D eigenvalue weighted by molar-refractivity contribution is 6.41. The molecule has 0 spiro atoms. The minimum atomic E-state index is 0.355. The summed E-state index contributed by atoms with van der Waals surface area (Å²) in [6.07, 6.45) is 4.02. The number of pyridine rings is 1. The molecule has 1 aromatic heterocycles. The molecule has 4 heteroatoms. The fraction of sp³-hybridized carbons (Fsp3) is 0.444. The summed E-state index contributed by atoms with van der Waals surface area (Å²) < 4.78 is 0. The molecule has 0 bridgehead atoms. The SMILES string of the molecule is Clc1nccc(C2CCCN2)c1Cl. The minimum Gasteiger partial charge on any atom is -0.310 e. The van der Waals surface area contributed by atoms with Crippen LogP contribution in [0.2, 0.25) is 10.2 Å². The van der Waals surface area contributed by atoms with Crippen LogP contribution in [-0.4, -0.2) is 11.5 Å². The first-order valence-electron chi connectivity index (χ1n) is 4.32. The van der Waals surface area contributed by atoms with E-state index in [1.165, 1.54) is 6.42 Å². The maximum Gasteiger partial charge on any atom is 0.147 e. The van der Waals surface area contributed by atoms with Crippen LogP contribution in [0.1, 0.15) is 24.4 Å². The first-order chi connectivity index (χ1) is 6.29. The van der Waals surface area contributed by atoms with Gasteiger partial charge < -0.3 is 5.32 Å². The van der Waals surface area contributed by atoms with Crippen LogP contribution in [0.5, 0.6) is 0 Å². The van der Waals surface area contributed by atoms with E-state index in [9.17, 15) is 0 Å². The molecule has 0 amide bonds. The summed E-state index contributed by atoms with van der Waals surface area (Å²) in [5.41, 5.74) is 1.07. The first-order valence-corrected chi connectivity index (χ1v) is 5.08. The molecular formula is C9H10Cl2N2. The molecular weight excluding hydrogens is 207 g/mol. The molecule has 1 atom stereocenters. The van der Waals surface area contributed by atoms with Gasteiger partial charge in [0.25, 0.3) is 0 Å². The van der Waals surface area contributed by atoms with Gasteiger partial charge in [-0.25, -0.2) is 4.98 Å². The maximum atomic E-state index is 6.04. The normalized spacial score (nSPS) is 22.2. The number of nitrogens with one attached hydrogen (secondary N) is 1. The molecule has 0 saturated carbocycles. The van der Waals surface area contributed by atoms with E-state index >= 15 is 0 Å². The fourth-order valence-electron chi connectivity index (χ4n) is 1.65. The summed E-state index contributed by atoms with van der Waals surface area (Å²) in [6.45, 7) is 1.06. The van der Waals surface area contributed by atoms with Crippen molar-refractivity contribution in [3.8, 4) is 0 Å². The second-order valence-electron chi connectivity index (χ2n) is 3.15. The van der Waals surface area contributed by atoms with Crippen LogP contribution >= 0.6 is 23.2 Å². The summed E-state index contributed by atoms with van der Waals surface area (Å²) >= 11 is 11.9. The molecule has 2 nitrogen and oxygen atoms in total. The minimum absolute atomic E-state index is 0.355. The molecule has 1 N–H and O–H groups in total. The van der Waals surface area contributed by atoms with Crippen LogP contribution in [0.25, 0.3) is 0 Å². The quantitative estimate of drug-likeness (QED) is 0.731. The average Bonchev–Trinajstić information content (AvgIpc) is 2.62. The lowest BCUT2D eigenvalue weighted by Crippen LogP contribution is -2.13. The van der Waals surface area contributed by atoms with Crippen LogP contribution in [0.4, 0.5) is 0 Å². The maximum absolute atomic E-state index is 6.04. The van der Waals surface area contributed by atoms with Crippen molar-refractivity contribution in [2.45, 2.75) is 18.9 Å². The Morgan fingerprint density at radius 3 is 3.00 bits per heavy atom. The molecule has 0 aliphatic carbocycles. The summed E-state index contributed by atoms with van der Waals surface area (Å²) in [4.78, 5) is 3.92. The van der Waals surface area contributed by atoms with Crippen LogP contribution in [0.3, 0.4) is 0 Å². The first kappa shape index (κ1) is 9.25. The number of rotatable bonds is 1. The van der Waals surface area contributed by atoms with Gasteiger partial charge in [-0.3, -0.25) is 0 Å². The lowest BCUT2D eigenvalue weighted by atomic mass is 10.1. The molecule has 1 aliphatic rings. The van der Waals surface area contributed by atoms with Crippen molar-refractivity contribution in [2.24, 2.45) is 0 Å². The summed E-state index contributed by atoms with van der Waals surface area (Å²) in [6, 6.07) is 2.28. The molecule has 70 valence electrons. The van der Waals surface area contributed by atoms with Crippen molar-refractivity contribution < 1.29 is 0 Å². The Bertz CT molecular complexity index is 308. The Kier molecular flexibility index (Phi) is 2.72. The third-order valence-electron chi connectivity index (χ3n) is 2.31. The lowest BCUT2D eigenvalue weighted by molar-refractivity contribution is 0.647. The van der Waals surface area contributed by atoms with E-state index in [1.54, 1.807) is 6.20 Å². The highest BCUT2D eigenvalue weighted by Gasteiger charge is 2.19. The van der Waals surface area contributed by atoms with Crippen molar-refractivity contribution in [3.05, 3.63) is 28.0 Å². The van der Waals surface area contributed by atoms with Crippen molar-refractivity contribution in [1.82, 2.24) is 10.3 Å². The Morgan fingerprint density at radius 2 is 2.31 bits per heavy atom. The van der Waals surface area contributed by atoms with Gasteiger partial charge in [0.2, 0.25) is 0 Å². The third-order valence-corrected chi connectivity index (χ3v) is 3.09. The van der Waals surface area contributed by atoms with Crippen molar-refractivity contribution in [2.75, 3.05) is 6.54 Å². The fourth-order valence-corrected chi connectivity index (χ4v) is 2.06. The molecule has 1 aromatic rings. The van der Waals surface area contributed by atoms with Gasteiger partial charge in [0.05, 0.1) is 5.02 Å². The highest BCUT2D eigenvalue weighted by atomic mass is 35.5. The van der Waals surface area contributed by atoms with Gasteiger partial charge in [-0.1, -0.05) is 23.2 Å². The number of hydrogen-bond donors (Lipinski definition) is 1. The zero-order valence-corrected chi connectivity index (χ0v) is 8.57. The van der Waals surface area contributed by atoms with Gasteiger partial charge in [-0.15, -0.1) is 0 Å². The van der Waals surface area contributed by atoms with E-state index in [4.69, 9.17) is 23.2 Å². The van der Waals surface area contributed by atoms with Gasteiger partial charge >= 0.3 is 0 Å². The van der Waals surface area contributed by atoms with Crippen molar-refractivity contribution >= 4 is 23.2 Å². The number of nitrogens with zero attached hydrogens (tertiary/aromatic N) is 1. The lowest BCUT2D eigenvalue weighted by Gasteiger charge is -2.12. The molecule has 1 fully saturated rings. The molecule has 13 heavy (non-hydrogen) atoms. The van der Waals surface area contributed by atoms with E-state index in [-0.39, 0.29) is 0 Å². The van der Waals surface area contributed by atoms with Gasteiger partial charge in [0, 0.05) is 12.2 Å². The third kappa shape index (κ3) is 1.80. The van der Waals surface area contributed by atoms with Crippen molar-refractivity contribution in [3.63, 3.8) is 0 Å². The predicted molar refractivity (Wildman–Crippen MR) is 54.2 cm³/mol. The molecule has 0 radical (unpaired) electrons. The predicted octanol–water partition coefficient (Wildman–Crippen LogP) is 2.81. The van der Waals surface area contributed by atoms with E-state index in [1.807, 2.05) is 6.07 Å². The Balaban J connectivity index is 2.33. The molecule has 2 heterocycles. The summed E-state index contributed by atoms with van der Waals surface area (Å²) in [5.74, 6) is 0. The largest absolute Gasteiger partial charge is 0.310 e. The second kappa shape index (κ2) is 3.82. The van der Waals surface area contributed by atoms with Crippen LogP contribution < -0.4 is 5.32 Å². The van der Waals surface area contributed by atoms with Gasteiger partial charge in [0.1, 0.15) is 5.15 Å². The number of hydrogen-bond acceptors (Lipinski definition) is 2. The Hall–Kier alpha value is -0.310. The monoisotopic (exact) mass is 216 g/mol. The average molecular weight is 217 g/mol. The molecule has 2 rings (SSSR count). The van der Waals surface area contributed by atoms with Crippen LogP contribution in [0.15, 0.2) is 12.3 Å². The molecule has 1 unspecified atom stereocenters. The van der Waals surface area contributed by atoms with Gasteiger partial charge in [0.15, 0.2) is 0 Å². The van der Waals surface area contributed by atoms with Gasteiger partial charge in [-0.05, 0) is 31.0 Å². The molecule has 1 aliphatic heterocycles. The number of halogens is 2. The summed E-state index contributed by atoms with van der Waals surface area (Å²) in [7, 11) is 0. The van der Waals surface area contributed by atoms with Crippen molar-refractivity contribution in [1.29, 1.82) is 0 Å². The topological polar surface area (TPSA) is 24.9 Å². The standard InChI is InChI=1S/C9H10Cl2N2/c10-8-6(3-5-13-9(8)11)7-2-1-4-12-7/h3,5,7,12H,1-2,4H2. The van der Waals surface area contributed by atoms with Crippen LogP contribution in [0, 0.1) is 0 Å². The number of aromatic nitrogens is 1. The Labute approximate surface area is 87.3 Å². The van der Waals surface area contributed by atoms with E-state index in [2.05, 4.69) is 10.3 Å². The zero-order valence-electron chi connectivity index (χ0n) is 7.06. The molecule has 1 saturated heterocycles. The highest BCUT2D eigenvalue weighted by Crippen LogP contribution is 2.32. The van der Waals surface area contributed by atoms with Crippen LogP contribution in [-0.2, 0) is 0 Å². The van der Waals surface area contributed by atoms with E-state index < -0.39 is 0 Å². The molecule has 0 aromatic carbocycles. The summed E-state index contributed by atoms with van der Waals surface area (Å²) in [5, 5.41) is 4.35. The second-order valence-corrected chi connectivity index (χ2v) is 3.89. The zero-order chi connectivity index (χ0) is 9.26. The smallest absolute Gasteiger partial charge is 0.147 e. The Morgan fingerprint density at radius 1 is 1.46 bits per heavy atom. The van der Waals surface area contributed by atoms with Gasteiger partial charge in [-0.2, -0.15) is 0 Å².